The second kappa shape index (κ2) is 6.55. The molecule has 1 atom stereocenters. The van der Waals surface area contributed by atoms with Crippen LogP contribution in [0, 0.1) is 0 Å². The van der Waals surface area contributed by atoms with Crippen LogP contribution in [-0.4, -0.2) is 6.54 Å². The summed E-state index contributed by atoms with van der Waals surface area (Å²) in [5.41, 5.74) is 0.740. The predicted molar refractivity (Wildman–Crippen MR) is 57.2 cm³/mol. The van der Waals surface area contributed by atoms with E-state index in [1.807, 2.05) is 30.3 Å². The first kappa shape index (κ1) is 11.2. The quantitative estimate of drug-likeness (QED) is 0.527. The fourth-order valence-electron chi connectivity index (χ4n) is 1.47. The van der Waals surface area contributed by atoms with Gasteiger partial charge in [0.2, 0.25) is 0 Å². The zero-order valence-corrected chi connectivity index (χ0v) is 8.80. The van der Waals surface area contributed by atoms with Gasteiger partial charge in [0, 0.05) is 23.0 Å². The number of quaternary nitrogens is 1. The molecule has 0 bridgehead atoms. The van der Waals surface area contributed by atoms with Crippen LogP contribution >= 0.6 is 0 Å². The average Bonchev–Trinajstić information content (AvgIpc) is 2.25. The van der Waals surface area contributed by atoms with Crippen LogP contribution in [0.25, 0.3) is 0 Å². The Labute approximate surface area is 85.5 Å². The van der Waals surface area contributed by atoms with Crippen LogP contribution in [0.3, 0.4) is 0 Å². The van der Waals surface area contributed by atoms with Gasteiger partial charge in [0.05, 0.1) is 0 Å². The van der Waals surface area contributed by atoms with Crippen LogP contribution in [-0.2, 0) is 0 Å². The standard InChI is InChI=1S/C12H18FN/c1-2-3-4-8-11-14(13)12-9-6-5-7-10-12/h5-7,9-10H,2-4,8,11H2,1H3/p+1. The SMILES string of the molecule is CCCCCC[NH+](F)c1ccccc1. The fourth-order valence-corrected chi connectivity index (χ4v) is 1.47. The van der Waals surface area contributed by atoms with Gasteiger partial charge < -0.3 is 0 Å². The Balaban J connectivity index is 2.25. The van der Waals surface area contributed by atoms with Gasteiger partial charge in [0.15, 0.2) is 5.69 Å². The Morgan fingerprint density at radius 2 is 1.79 bits per heavy atom. The maximum Gasteiger partial charge on any atom is 0.169 e. The first-order valence-electron chi connectivity index (χ1n) is 5.41. The van der Waals surface area contributed by atoms with E-state index in [9.17, 15) is 4.48 Å². The normalized spacial score (nSPS) is 12.7. The number of halogens is 1. The van der Waals surface area contributed by atoms with Crippen LogP contribution < -0.4 is 5.12 Å². The summed E-state index contributed by atoms with van der Waals surface area (Å²) in [5, 5.41) is 0.0294. The molecule has 2 heteroatoms. The number of nitrogens with one attached hydrogen (secondary N) is 1. The minimum Gasteiger partial charge on any atom is -0.109 e. The van der Waals surface area contributed by atoms with Gasteiger partial charge in [-0.25, -0.2) is 0 Å². The molecule has 0 aliphatic rings. The van der Waals surface area contributed by atoms with E-state index in [1.54, 1.807) is 0 Å². The van der Waals surface area contributed by atoms with Crippen molar-refractivity contribution in [3.63, 3.8) is 0 Å². The number of unbranched alkanes of at least 4 members (excludes halogenated alkanes) is 3. The smallest absolute Gasteiger partial charge is 0.109 e. The highest BCUT2D eigenvalue weighted by Gasteiger charge is 2.09. The Morgan fingerprint density at radius 1 is 1.07 bits per heavy atom. The molecule has 0 aliphatic carbocycles. The molecule has 1 aromatic carbocycles. The van der Waals surface area contributed by atoms with Crippen molar-refractivity contribution < 1.29 is 9.60 Å². The minimum absolute atomic E-state index is 0.0294. The molecule has 0 fully saturated rings. The van der Waals surface area contributed by atoms with E-state index in [2.05, 4.69) is 6.92 Å². The topological polar surface area (TPSA) is 4.44 Å². The molecule has 1 unspecified atom stereocenters. The lowest BCUT2D eigenvalue weighted by atomic mass is 10.2. The lowest BCUT2D eigenvalue weighted by Gasteiger charge is -2.05. The van der Waals surface area contributed by atoms with Gasteiger partial charge in [-0.05, 0) is 6.42 Å². The molecule has 0 saturated heterocycles. The first-order chi connectivity index (χ1) is 6.84. The third kappa shape index (κ3) is 3.88. The van der Waals surface area contributed by atoms with E-state index in [0.29, 0.717) is 6.54 Å². The molecule has 0 aliphatic heterocycles. The van der Waals surface area contributed by atoms with Crippen LogP contribution in [0.2, 0.25) is 0 Å². The average molecular weight is 196 g/mol. The van der Waals surface area contributed by atoms with Gasteiger partial charge in [-0.3, -0.25) is 0 Å². The predicted octanol–water partition coefficient (Wildman–Crippen LogP) is 2.67. The summed E-state index contributed by atoms with van der Waals surface area (Å²) in [6.45, 7) is 2.75. The maximum atomic E-state index is 13.5. The van der Waals surface area contributed by atoms with E-state index in [-0.39, 0.29) is 5.12 Å². The van der Waals surface area contributed by atoms with Gasteiger partial charge in [-0.2, -0.15) is 0 Å². The van der Waals surface area contributed by atoms with Crippen molar-refractivity contribution in [3.8, 4) is 0 Å². The monoisotopic (exact) mass is 196 g/mol. The van der Waals surface area contributed by atoms with Gasteiger partial charge in [-0.1, -0.05) is 38.0 Å². The summed E-state index contributed by atoms with van der Waals surface area (Å²) < 4.78 is 13.5. The highest BCUT2D eigenvalue weighted by Crippen LogP contribution is 2.00. The number of benzene rings is 1. The molecule has 1 aromatic rings. The molecular weight excluding hydrogens is 177 g/mol. The molecule has 0 aromatic heterocycles. The molecule has 1 N–H and O–H groups in total. The van der Waals surface area contributed by atoms with E-state index < -0.39 is 0 Å². The summed E-state index contributed by atoms with van der Waals surface area (Å²) >= 11 is 0. The molecule has 0 amide bonds. The number of para-hydroxylation sites is 1. The van der Waals surface area contributed by atoms with Gasteiger partial charge in [0.1, 0.15) is 6.54 Å². The zero-order chi connectivity index (χ0) is 10.2. The zero-order valence-electron chi connectivity index (χ0n) is 8.80. The lowest BCUT2D eigenvalue weighted by molar-refractivity contribution is -0.982. The van der Waals surface area contributed by atoms with Crippen LogP contribution in [0.15, 0.2) is 30.3 Å². The fraction of sp³-hybridized carbons (Fsp3) is 0.500. The van der Waals surface area contributed by atoms with Gasteiger partial charge in [0.25, 0.3) is 0 Å². The highest BCUT2D eigenvalue weighted by molar-refractivity contribution is 5.27. The van der Waals surface area contributed by atoms with Crippen molar-refractivity contribution >= 4 is 5.69 Å². The van der Waals surface area contributed by atoms with Crippen LogP contribution in [0.4, 0.5) is 10.2 Å². The minimum atomic E-state index is 0.0294. The van der Waals surface area contributed by atoms with Crippen molar-refractivity contribution in [2.45, 2.75) is 32.6 Å². The Hall–Kier alpha value is -0.890. The molecule has 0 radical (unpaired) electrons. The molecule has 0 saturated carbocycles. The van der Waals surface area contributed by atoms with E-state index >= 15 is 0 Å². The van der Waals surface area contributed by atoms with E-state index in [4.69, 9.17) is 0 Å². The number of rotatable bonds is 6. The van der Waals surface area contributed by atoms with Gasteiger partial charge >= 0.3 is 0 Å². The summed E-state index contributed by atoms with van der Waals surface area (Å²) in [4.78, 5) is 0. The molecular formula is C12H19FN+. The van der Waals surface area contributed by atoms with Crippen molar-refractivity contribution in [1.82, 2.24) is 0 Å². The summed E-state index contributed by atoms with van der Waals surface area (Å²) in [6, 6.07) is 9.32. The summed E-state index contributed by atoms with van der Waals surface area (Å²) in [6.07, 6.45) is 4.51. The second-order valence-corrected chi connectivity index (χ2v) is 3.58. The van der Waals surface area contributed by atoms with Crippen molar-refractivity contribution in [3.05, 3.63) is 30.3 Å². The molecule has 14 heavy (non-hydrogen) atoms. The third-order valence-corrected chi connectivity index (χ3v) is 2.34. The molecule has 1 rings (SSSR count). The first-order valence-corrected chi connectivity index (χ1v) is 5.41. The van der Waals surface area contributed by atoms with Crippen LogP contribution in [0.1, 0.15) is 32.6 Å². The van der Waals surface area contributed by atoms with Crippen molar-refractivity contribution in [2.24, 2.45) is 0 Å². The van der Waals surface area contributed by atoms with E-state index in [0.717, 1.165) is 18.5 Å². The highest BCUT2D eigenvalue weighted by atomic mass is 19.2. The molecule has 0 heterocycles. The third-order valence-electron chi connectivity index (χ3n) is 2.34. The molecule has 1 nitrogen and oxygen atoms in total. The lowest BCUT2D eigenvalue weighted by Crippen LogP contribution is -2.99. The van der Waals surface area contributed by atoms with Crippen LogP contribution in [0.5, 0.6) is 0 Å². The maximum absolute atomic E-state index is 13.5. The summed E-state index contributed by atoms with van der Waals surface area (Å²) in [5.74, 6) is 0. The van der Waals surface area contributed by atoms with Crippen molar-refractivity contribution in [1.29, 1.82) is 0 Å². The van der Waals surface area contributed by atoms with E-state index in [1.165, 1.54) is 12.8 Å². The number of hydrogen-bond acceptors (Lipinski definition) is 0. The molecule has 78 valence electrons. The van der Waals surface area contributed by atoms with Gasteiger partial charge in [-0.15, -0.1) is 5.12 Å². The Kier molecular flexibility index (Phi) is 5.23. The Morgan fingerprint density at radius 3 is 2.43 bits per heavy atom. The molecule has 0 spiro atoms. The Bertz CT molecular complexity index is 235. The van der Waals surface area contributed by atoms with Crippen molar-refractivity contribution in [2.75, 3.05) is 6.54 Å². The number of hydrogen-bond donors (Lipinski definition) is 1. The second-order valence-electron chi connectivity index (χ2n) is 3.58. The summed E-state index contributed by atoms with van der Waals surface area (Å²) in [7, 11) is 0. The largest absolute Gasteiger partial charge is 0.169 e.